The second-order valence-corrected chi connectivity index (χ2v) is 10.4. The molecule has 0 amide bonds. The van der Waals surface area contributed by atoms with Gasteiger partial charge in [-0.3, -0.25) is 23.7 Å². The highest BCUT2D eigenvalue weighted by Gasteiger charge is 2.25. The molecule has 5 aromatic rings. The summed E-state index contributed by atoms with van der Waals surface area (Å²) >= 11 is 1.07. The molecule has 1 aromatic heterocycles. The van der Waals surface area contributed by atoms with E-state index >= 15 is 0 Å². The second-order valence-electron chi connectivity index (χ2n) is 9.40. The Morgan fingerprint density at radius 3 is 2.07 bits per heavy atom. The molecule has 0 saturated carbocycles. The van der Waals surface area contributed by atoms with Gasteiger partial charge in [-0.15, -0.1) is 0 Å². The van der Waals surface area contributed by atoms with Gasteiger partial charge >= 0.3 is 16.8 Å². The van der Waals surface area contributed by atoms with Crippen LogP contribution in [0.5, 0.6) is 5.75 Å². The van der Waals surface area contributed by atoms with E-state index in [1.165, 1.54) is 0 Å². The number of carbonyl (C=O) groups excluding carboxylic acids is 1. The van der Waals surface area contributed by atoms with Crippen LogP contribution in [0.1, 0.15) is 21.5 Å². The minimum absolute atomic E-state index is 0.122. The summed E-state index contributed by atoms with van der Waals surface area (Å²) in [5, 5.41) is 18.1. The van der Waals surface area contributed by atoms with Crippen LogP contribution >= 0.6 is 11.3 Å². The summed E-state index contributed by atoms with van der Waals surface area (Å²) in [5.41, 5.74) is 4.44. The highest BCUT2D eigenvalue weighted by Crippen LogP contribution is 2.24. The number of hydrogen-bond acceptors (Lipinski definition) is 6. The van der Waals surface area contributed by atoms with Crippen molar-refractivity contribution in [2.45, 2.75) is 13.0 Å². The Hall–Kier alpha value is -5.02. The molecule has 0 fully saturated rings. The van der Waals surface area contributed by atoms with E-state index in [9.17, 15) is 19.2 Å². The molecule has 0 unspecified atom stereocenters. The summed E-state index contributed by atoms with van der Waals surface area (Å²) in [6.45, 7) is 0.487. The van der Waals surface area contributed by atoms with Crippen LogP contribution < -0.4 is 9.61 Å². The van der Waals surface area contributed by atoms with Gasteiger partial charge in [-0.2, -0.15) is 0 Å². The number of nitrogens with zero attached hydrogens (tertiary/aromatic N) is 1. The van der Waals surface area contributed by atoms with Crippen molar-refractivity contribution in [3.8, 4) is 16.9 Å². The predicted molar refractivity (Wildman–Crippen MR) is 156 cm³/mol. The van der Waals surface area contributed by atoms with Gasteiger partial charge in [-0.25, -0.2) is 0 Å². The Balaban J connectivity index is 1.23. The van der Waals surface area contributed by atoms with Gasteiger partial charge in [-0.05, 0) is 53.4 Å². The molecule has 0 aliphatic carbocycles. The zero-order chi connectivity index (χ0) is 28.9. The van der Waals surface area contributed by atoms with Crippen LogP contribution in [0.3, 0.4) is 0 Å². The molecular formula is C32H25NO7S. The van der Waals surface area contributed by atoms with Crippen LogP contribution in [0, 0.1) is 5.92 Å². The molecule has 0 aliphatic heterocycles. The first-order chi connectivity index (χ1) is 19.8. The fraction of sp³-hybridized carbons (Fsp3) is 0.125. The molecule has 0 atom stereocenters. The molecule has 0 radical (unpaired) electrons. The minimum atomic E-state index is -1.52. The van der Waals surface area contributed by atoms with E-state index in [0.29, 0.717) is 32.7 Å². The van der Waals surface area contributed by atoms with Gasteiger partial charge in [0, 0.05) is 11.1 Å². The van der Waals surface area contributed by atoms with Gasteiger partial charge < -0.3 is 14.9 Å². The summed E-state index contributed by atoms with van der Waals surface area (Å²) in [5.74, 6) is -3.91. The van der Waals surface area contributed by atoms with Crippen LogP contribution in [0.4, 0.5) is 0 Å². The van der Waals surface area contributed by atoms with E-state index in [0.717, 1.165) is 22.5 Å². The monoisotopic (exact) mass is 567 g/mol. The predicted octanol–water partition coefficient (Wildman–Crippen LogP) is 5.37. The molecular weight excluding hydrogens is 542 g/mol. The summed E-state index contributed by atoms with van der Waals surface area (Å²) in [4.78, 5) is 47.9. The minimum Gasteiger partial charge on any atom is -0.492 e. The number of benzene rings is 4. The van der Waals surface area contributed by atoms with E-state index in [4.69, 9.17) is 14.9 Å². The number of rotatable bonds is 11. The Kier molecular flexibility index (Phi) is 8.07. The van der Waals surface area contributed by atoms with E-state index in [1.54, 1.807) is 47.0 Å². The van der Waals surface area contributed by atoms with Gasteiger partial charge in [0.25, 0.3) is 0 Å². The van der Waals surface area contributed by atoms with E-state index < -0.39 is 17.9 Å². The average Bonchev–Trinajstić information content (AvgIpc) is 3.30. The third-order valence-electron chi connectivity index (χ3n) is 6.73. The standard InChI is InChI=1S/C32H25NO7S/c34-29(23-10-8-22(9-11-23)21-4-2-1-3-5-21)24-12-15-27-28(19-24)41-32(39)33(27)16-17-40-25-13-6-20(7-14-25)18-26(30(35)36)31(37)38/h1-15,19,26H,16-18H2,(H,35,36)(H,37,38). The quantitative estimate of drug-likeness (QED) is 0.163. The summed E-state index contributed by atoms with van der Waals surface area (Å²) < 4.78 is 8.06. The summed E-state index contributed by atoms with van der Waals surface area (Å²) in [6.07, 6.45) is -0.134. The maximum absolute atomic E-state index is 13.1. The molecule has 0 spiro atoms. The largest absolute Gasteiger partial charge is 0.492 e. The number of carboxylic acid groups (broad SMARTS) is 2. The van der Waals surface area contributed by atoms with Crippen LogP contribution in [0.25, 0.3) is 21.3 Å². The Morgan fingerprint density at radius 2 is 1.41 bits per heavy atom. The van der Waals surface area contributed by atoms with Crippen molar-refractivity contribution in [3.63, 3.8) is 0 Å². The fourth-order valence-corrected chi connectivity index (χ4v) is 5.48. The molecule has 1 heterocycles. The first-order valence-corrected chi connectivity index (χ1v) is 13.6. The zero-order valence-electron chi connectivity index (χ0n) is 21.7. The van der Waals surface area contributed by atoms with Crippen molar-refractivity contribution in [3.05, 3.63) is 123 Å². The maximum Gasteiger partial charge on any atom is 0.318 e. The van der Waals surface area contributed by atoms with Crippen LogP contribution in [0.15, 0.2) is 102 Å². The van der Waals surface area contributed by atoms with Gasteiger partial charge in [0.05, 0.1) is 16.8 Å². The van der Waals surface area contributed by atoms with Gasteiger partial charge in [0.1, 0.15) is 12.4 Å². The number of aliphatic carboxylic acids is 2. The SMILES string of the molecule is O=C(c1ccc(-c2ccccc2)cc1)c1ccc2c(c1)sc(=O)n2CCOc1ccc(CC(C(=O)O)C(=O)O)cc1. The molecule has 9 heteroatoms. The zero-order valence-corrected chi connectivity index (χ0v) is 22.5. The summed E-state index contributed by atoms with van der Waals surface area (Å²) in [7, 11) is 0. The smallest absolute Gasteiger partial charge is 0.318 e. The number of ether oxygens (including phenoxy) is 1. The maximum atomic E-state index is 13.1. The number of ketones is 1. The Bertz CT molecular complexity index is 1760. The topological polar surface area (TPSA) is 123 Å². The van der Waals surface area contributed by atoms with E-state index in [-0.39, 0.29) is 30.2 Å². The number of hydrogen-bond donors (Lipinski definition) is 2. The van der Waals surface area contributed by atoms with Crippen LogP contribution in [0.2, 0.25) is 0 Å². The third kappa shape index (κ3) is 6.26. The average molecular weight is 568 g/mol. The van der Waals surface area contributed by atoms with E-state index in [2.05, 4.69) is 0 Å². The lowest BCUT2D eigenvalue weighted by Crippen LogP contribution is -2.25. The lowest BCUT2D eigenvalue weighted by Gasteiger charge is -2.10. The lowest BCUT2D eigenvalue weighted by molar-refractivity contribution is -0.154. The molecule has 0 saturated heterocycles. The molecule has 8 nitrogen and oxygen atoms in total. The van der Waals surface area contributed by atoms with Crippen molar-refractivity contribution in [1.82, 2.24) is 4.57 Å². The van der Waals surface area contributed by atoms with Crippen molar-refractivity contribution in [2.24, 2.45) is 5.92 Å². The third-order valence-corrected chi connectivity index (χ3v) is 7.67. The first-order valence-electron chi connectivity index (χ1n) is 12.8. The van der Waals surface area contributed by atoms with Crippen molar-refractivity contribution in [2.75, 3.05) is 6.61 Å². The van der Waals surface area contributed by atoms with Crippen LogP contribution in [-0.4, -0.2) is 39.1 Å². The van der Waals surface area contributed by atoms with Crippen LogP contribution in [-0.2, 0) is 22.6 Å². The van der Waals surface area contributed by atoms with Gasteiger partial charge in [-0.1, -0.05) is 78.1 Å². The number of carboxylic acids is 2. The highest BCUT2D eigenvalue weighted by molar-refractivity contribution is 7.16. The molecule has 2 N–H and O–H groups in total. The molecule has 206 valence electrons. The molecule has 4 aromatic carbocycles. The number of aromatic nitrogens is 1. The van der Waals surface area contributed by atoms with Crippen molar-refractivity contribution >= 4 is 39.3 Å². The van der Waals surface area contributed by atoms with Crippen molar-refractivity contribution < 1.29 is 29.3 Å². The van der Waals surface area contributed by atoms with Gasteiger partial charge in [0.15, 0.2) is 11.7 Å². The summed E-state index contributed by atoms with van der Waals surface area (Å²) in [6, 6.07) is 29.1. The number of thiazole rings is 1. The number of carbonyl (C=O) groups is 3. The molecule has 5 rings (SSSR count). The van der Waals surface area contributed by atoms with Crippen molar-refractivity contribution in [1.29, 1.82) is 0 Å². The normalized spacial score (nSPS) is 11.0. The highest BCUT2D eigenvalue weighted by atomic mass is 32.1. The second kappa shape index (κ2) is 12.0. The van der Waals surface area contributed by atoms with Gasteiger partial charge in [0.2, 0.25) is 0 Å². The fourth-order valence-electron chi connectivity index (χ4n) is 4.52. The lowest BCUT2D eigenvalue weighted by atomic mass is 9.99. The van der Waals surface area contributed by atoms with E-state index in [1.807, 2.05) is 54.6 Å². The molecule has 0 aliphatic rings. The molecule has 0 bridgehead atoms. The Morgan fingerprint density at radius 1 is 0.780 bits per heavy atom. The molecule has 41 heavy (non-hydrogen) atoms. The Labute approximate surface area is 238 Å². The number of fused-ring (bicyclic) bond motifs is 1. The first kappa shape index (κ1) is 27.5.